The minimum atomic E-state index is -0.404. The Morgan fingerprint density at radius 3 is 1.84 bits per heavy atom. The van der Waals surface area contributed by atoms with E-state index in [0.717, 1.165) is 16.9 Å². The number of nitro groups is 1. The third-order valence-electron chi connectivity index (χ3n) is 5.47. The topological polar surface area (TPSA) is 61.6 Å². The van der Waals surface area contributed by atoms with Crippen molar-refractivity contribution in [3.63, 3.8) is 0 Å². The SMILES string of the molecule is COc1ccc(C(C)(C)C(C)(C)c2ccc(OC)c([N+](=O)[O-])c2)cc1. The van der Waals surface area contributed by atoms with Gasteiger partial charge in [-0.1, -0.05) is 45.9 Å². The van der Waals surface area contributed by atoms with Gasteiger partial charge < -0.3 is 9.47 Å². The summed E-state index contributed by atoms with van der Waals surface area (Å²) >= 11 is 0. The maximum atomic E-state index is 11.4. The maximum Gasteiger partial charge on any atom is 0.311 e. The first-order chi connectivity index (χ1) is 11.6. The molecule has 2 aromatic carbocycles. The molecule has 25 heavy (non-hydrogen) atoms. The van der Waals surface area contributed by atoms with E-state index in [0.29, 0.717) is 0 Å². The number of ether oxygens (including phenoxy) is 2. The molecule has 2 aromatic rings. The Kier molecular flexibility index (Phi) is 5.07. The Morgan fingerprint density at radius 1 is 0.840 bits per heavy atom. The summed E-state index contributed by atoms with van der Waals surface area (Å²) in [5.41, 5.74) is 1.40. The second-order valence-electron chi connectivity index (χ2n) is 7.12. The van der Waals surface area contributed by atoms with E-state index in [9.17, 15) is 10.1 Å². The predicted molar refractivity (Wildman–Crippen MR) is 98.7 cm³/mol. The molecule has 134 valence electrons. The minimum Gasteiger partial charge on any atom is -0.497 e. The monoisotopic (exact) mass is 343 g/mol. The normalized spacial score (nSPS) is 11.9. The van der Waals surface area contributed by atoms with E-state index in [1.54, 1.807) is 19.2 Å². The molecule has 0 spiro atoms. The van der Waals surface area contributed by atoms with Crippen molar-refractivity contribution in [3.05, 3.63) is 63.7 Å². The van der Waals surface area contributed by atoms with E-state index >= 15 is 0 Å². The Morgan fingerprint density at radius 2 is 1.36 bits per heavy atom. The van der Waals surface area contributed by atoms with Crippen molar-refractivity contribution in [3.8, 4) is 11.5 Å². The third kappa shape index (κ3) is 3.31. The molecule has 0 aliphatic heterocycles. The molecule has 0 bridgehead atoms. The number of nitrogens with zero attached hydrogens (tertiary/aromatic N) is 1. The molecule has 0 radical (unpaired) electrons. The van der Waals surface area contributed by atoms with Crippen LogP contribution in [-0.4, -0.2) is 19.1 Å². The second-order valence-corrected chi connectivity index (χ2v) is 7.12. The summed E-state index contributed by atoms with van der Waals surface area (Å²) in [7, 11) is 3.08. The van der Waals surface area contributed by atoms with E-state index < -0.39 is 4.92 Å². The highest BCUT2D eigenvalue weighted by Gasteiger charge is 2.40. The zero-order chi connectivity index (χ0) is 18.8. The van der Waals surface area contributed by atoms with Gasteiger partial charge in [0.2, 0.25) is 0 Å². The van der Waals surface area contributed by atoms with Gasteiger partial charge in [-0.25, -0.2) is 0 Å². The fraction of sp³-hybridized carbons (Fsp3) is 0.400. The van der Waals surface area contributed by atoms with Gasteiger partial charge in [0.25, 0.3) is 0 Å². The highest BCUT2D eigenvalue weighted by molar-refractivity contribution is 5.51. The molecule has 0 heterocycles. The number of nitro benzene ring substituents is 1. The van der Waals surface area contributed by atoms with Crippen LogP contribution >= 0.6 is 0 Å². The molecule has 0 aromatic heterocycles. The Labute approximate surface area is 148 Å². The molecule has 0 saturated heterocycles. The van der Waals surface area contributed by atoms with Gasteiger partial charge in [0.15, 0.2) is 5.75 Å². The molecule has 0 aliphatic carbocycles. The molecule has 0 aliphatic rings. The summed E-state index contributed by atoms with van der Waals surface area (Å²) in [5, 5.41) is 11.4. The summed E-state index contributed by atoms with van der Waals surface area (Å²) in [5.74, 6) is 1.07. The summed E-state index contributed by atoms with van der Waals surface area (Å²) < 4.78 is 10.3. The number of rotatable bonds is 6. The van der Waals surface area contributed by atoms with Crippen LogP contribution in [0.2, 0.25) is 0 Å². The number of benzene rings is 2. The predicted octanol–water partition coefficient (Wildman–Crippen LogP) is 4.87. The first-order valence-corrected chi connectivity index (χ1v) is 8.12. The van der Waals surface area contributed by atoms with Gasteiger partial charge in [-0.15, -0.1) is 0 Å². The van der Waals surface area contributed by atoms with E-state index in [-0.39, 0.29) is 22.3 Å². The highest BCUT2D eigenvalue weighted by Crippen LogP contribution is 2.45. The standard InChI is InChI=1S/C20H25NO4/c1-19(2,14-7-10-16(24-5)11-8-14)20(3,4)15-9-12-18(25-6)17(13-15)21(22)23/h7-13H,1-6H3. The smallest absolute Gasteiger partial charge is 0.311 e. The number of hydrogen-bond acceptors (Lipinski definition) is 4. The van der Waals surface area contributed by atoms with Crippen LogP contribution in [0.25, 0.3) is 0 Å². The average Bonchev–Trinajstić information content (AvgIpc) is 2.60. The Bertz CT molecular complexity index is 764. The van der Waals surface area contributed by atoms with Crippen molar-refractivity contribution < 1.29 is 14.4 Å². The zero-order valence-corrected chi connectivity index (χ0v) is 15.6. The zero-order valence-electron chi connectivity index (χ0n) is 15.6. The van der Waals surface area contributed by atoms with Crippen LogP contribution in [0, 0.1) is 10.1 Å². The second kappa shape index (κ2) is 6.75. The van der Waals surface area contributed by atoms with E-state index in [2.05, 4.69) is 27.7 Å². The molecule has 0 amide bonds. The summed E-state index contributed by atoms with van der Waals surface area (Å²) in [4.78, 5) is 11.0. The lowest BCUT2D eigenvalue weighted by atomic mass is 9.61. The van der Waals surface area contributed by atoms with Gasteiger partial charge in [0.05, 0.1) is 19.1 Å². The first kappa shape index (κ1) is 18.8. The quantitative estimate of drug-likeness (QED) is 0.555. The summed E-state index contributed by atoms with van der Waals surface area (Å²) in [6, 6.07) is 13.1. The molecule has 5 heteroatoms. The third-order valence-corrected chi connectivity index (χ3v) is 5.47. The lowest BCUT2D eigenvalue weighted by Gasteiger charge is -2.42. The molecular weight excluding hydrogens is 318 g/mol. The van der Waals surface area contributed by atoms with Gasteiger partial charge in [-0.2, -0.15) is 0 Å². The average molecular weight is 343 g/mol. The van der Waals surface area contributed by atoms with Gasteiger partial charge in [0.1, 0.15) is 5.75 Å². The Hall–Kier alpha value is -2.56. The first-order valence-electron chi connectivity index (χ1n) is 8.12. The van der Waals surface area contributed by atoms with Crippen LogP contribution in [0.15, 0.2) is 42.5 Å². The van der Waals surface area contributed by atoms with Crippen LogP contribution in [-0.2, 0) is 10.8 Å². The van der Waals surface area contributed by atoms with E-state index in [1.807, 2.05) is 30.3 Å². The lowest BCUT2D eigenvalue weighted by molar-refractivity contribution is -0.385. The van der Waals surface area contributed by atoms with Crippen molar-refractivity contribution in [1.29, 1.82) is 0 Å². The minimum absolute atomic E-state index is 0.0152. The van der Waals surface area contributed by atoms with Crippen LogP contribution in [0.3, 0.4) is 0 Å². The van der Waals surface area contributed by atoms with E-state index in [4.69, 9.17) is 9.47 Å². The lowest BCUT2D eigenvalue weighted by Crippen LogP contribution is -2.40. The van der Waals surface area contributed by atoms with Crippen molar-refractivity contribution in [2.24, 2.45) is 0 Å². The van der Waals surface area contributed by atoms with Gasteiger partial charge >= 0.3 is 5.69 Å². The van der Waals surface area contributed by atoms with Crippen molar-refractivity contribution in [1.82, 2.24) is 0 Å². The van der Waals surface area contributed by atoms with Crippen LogP contribution in [0.1, 0.15) is 38.8 Å². The van der Waals surface area contributed by atoms with Crippen molar-refractivity contribution in [2.45, 2.75) is 38.5 Å². The van der Waals surface area contributed by atoms with Gasteiger partial charge in [-0.3, -0.25) is 10.1 Å². The highest BCUT2D eigenvalue weighted by atomic mass is 16.6. The number of methoxy groups -OCH3 is 2. The van der Waals surface area contributed by atoms with Gasteiger partial charge in [0, 0.05) is 6.07 Å². The number of hydrogen-bond donors (Lipinski definition) is 0. The maximum absolute atomic E-state index is 11.4. The fourth-order valence-corrected chi connectivity index (χ4v) is 2.95. The van der Waals surface area contributed by atoms with Crippen molar-refractivity contribution in [2.75, 3.05) is 14.2 Å². The fourth-order valence-electron chi connectivity index (χ4n) is 2.95. The van der Waals surface area contributed by atoms with Crippen molar-refractivity contribution >= 4 is 5.69 Å². The summed E-state index contributed by atoms with van der Waals surface area (Å²) in [6.07, 6.45) is 0. The largest absolute Gasteiger partial charge is 0.497 e. The molecule has 2 rings (SSSR count). The van der Waals surface area contributed by atoms with E-state index in [1.165, 1.54) is 7.11 Å². The Balaban J connectivity index is 2.51. The van der Waals surface area contributed by atoms with Crippen LogP contribution in [0.5, 0.6) is 11.5 Å². The molecule has 0 unspecified atom stereocenters. The molecule has 5 nitrogen and oxygen atoms in total. The molecular formula is C20H25NO4. The molecule has 0 fully saturated rings. The molecule has 0 saturated carbocycles. The van der Waals surface area contributed by atoms with Gasteiger partial charge in [-0.05, 0) is 40.2 Å². The van der Waals surface area contributed by atoms with Crippen LogP contribution in [0.4, 0.5) is 5.69 Å². The molecule has 0 N–H and O–H groups in total. The summed E-state index contributed by atoms with van der Waals surface area (Å²) in [6.45, 7) is 8.49. The molecule has 0 atom stereocenters. The van der Waals surface area contributed by atoms with Crippen LogP contribution < -0.4 is 9.47 Å².